The van der Waals surface area contributed by atoms with Crippen LogP contribution in [-0.4, -0.2) is 66.7 Å². The Balaban J connectivity index is 1.23. The largest absolute Gasteiger partial charge is 0.488 e. The second-order valence-electron chi connectivity index (χ2n) is 12.0. The van der Waals surface area contributed by atoms with Crippen LogP contribution in [0.3, 0.4) is 0 Å². The van der Waals surface area contributed by atoms with E-state index < -0.39 is 29.3 Å². The number of ether oxygens (including phenoxy) is 2. The van der Waals surface area contributed by atoms with E-state index in [1.54, 1.807) is 4.90 Å². The number of halogens is 4. The molecule has 242 valence electrons. The molecule has 11 heteroatoms. The summed E-state index contributed by atoms with van der Waals surface area (Å²) in [5.74, 6) is -4.23. The van der Waals surface area contributed by atoms with Crippen molar-refractivity contribution in [2.45, 2.75) is 56.8 Å². The van der Waals surface area contributed by atoms with Gasteiger partial charge in [0.25, 0.3) is 5.91 Å². The summed E-state index contributed by atoms with van der Waals surface area (Å²) in [7, 11) is 1.36. The highest BCUT2D eigenvalue weighted by atomic mass is 35.5. The summed E-state index contributed by atoms with van der Waals surface area (Å²) >= 11 is 6.50. The third-order valence-electron chi connectivity index (χ3n) is 8.78. The summed E-state index contributed by atoms with van der Waals surface area (Å²) in [6.45, 7) is 1.17. The van der Waals surface area contributed by atoms with E-state index in [0.717, 1.165) is 47.2 Å². The Kier molecular flexibility index (Phi) is 9.56. The van der Waals surface area contributed by atoms with E-state index in [0.29, 0.717) is 49.5 Å². The highest BCUT2D eigenvalue weighted by molar-refractivity contribution is 6.31. The molecule has 7 nitrogen and oxygen atoms in total. The van der Waals surface area contributed by atoms with E-state index >= 15 is 0 Å². The number of carbonyl (C=O) groups is 2. The van der Waals surface area contributed by atoms with Crippen LogP contribution in [0.15, 0.2) is 66.2 Å². The number of methoxy groups -OCH3 is 1. The first-order valence-corrected chi connectivity index (χ1v) is 15.8. The molecular weight excluding hydrogens is 619 g/mol. The van der Waals surface area contributed by atoms with Gasteiger partial charge in [-0.1, -0.05) is 54.1 Å². The van der Waals surface area contributed by atoms with Gasteiger partial charge in [0, 0.05) is 42.3 Å². The monoisotopic (exact) mass is 653 g/mol. The zero-order valence-electron chi connectivity index (χ0n) is 25.4. The number of hydrogen-bond acceptors (Lipinski definition) is 5. The van der Waals surface area contributed by atoms with Gasteiger partial charge in [0.1, 0.15) is 0 Å². The number of nitrogens with one attached hydrogen (secondary N) is 1. The topological polar surface area (TPSA) is 71.1 Å². The minimum Gasteiger partial charge on any atom is -0.488 e. The molecule has 2 fully saturated rings. The Morgan fingerprint density at radius 1 is 1.00 bits per heavy atom. The van der Waals surface area contributed by atoms with Gasteiger partial charge in [0.05, 0.1) is 19.8 Å². The van der Waals surface area contributed by atoms with Crippen molar-refractivity contribution in [3.8, 4) is 5.75 Å². The minimum absolute atomic E-state index is 0.0109. The van der Waals surface area contributed by atoms with Gasteiger partial charge in [0.2, 0.25) is 5.82 Å². The second kappa shape index (κ2) is 13.8. The van der Waals surface area contributed by atoms with Crippen molar-refractivity contribution in [1.29, 1.82) is 0 Å². The van der Waals surface area contributed by atoms with Gasteiger partial charge in [-0.05, 0) is 72.6 Å². The first-order chi connectivity index (χ1) is 22.2. The van der Waals surface area contributed by atoms with E-state index in [1.807, 2.05) is 53.4 Å². The average molecular weight is 654 g/mol. The quantitative estimate of drug-likeness (QED) is 0.199. The van der Waals surface area contributed by atoms with Crippen LogP contribution in [-0.2, 0) is 22.5 Å². The Morgan fingerprint density at radius 2 is 1.74 bits per heavy atom. The van der Waals surface area contributed by atoms with Gasteiger partial charge in [-0.3, -0.25) is 4.79 Å². The van der Waals surface area contributed by atoms with Gasteiger partial charge in [0.15, 0.2) is 17.4 Å². The standard InChI is InChI=1S/C35H35ClF3N3O4/c1-45-35(44)41-19-24-17-26(22-10-8-21(9-11-22)5-4-16-46-33-29(38)15-14-28(37)32(33)39)31(30(20-41)40-24)34(43)42(25-12-13-25)18-23-6-2-3-7-27(23)36/h2-3,6-11,14-15,24-25,30,40H,4-5,12-13,16-20H2,1H3/t24-,30-/m1/s1. The van der Waals surface area contributed by atoms with E-state index in [2.05, 4.69) is 5.32 Å². The van der Waals surface area contributed by atoms with Crippen LogP contribution in [0.4, 0.5) is 18.0 Å². The van der Waals surface area contributed by atoms with Gasteiger partial charge in [-0.2, -0.15) is 4.39 Å². The van der Waals surface area contributed by atoms with Crippen LogP contribution >= 0.6 is 11.6 Å². The molecule has 2 amide bonds. The minimum atomic E-state index is -1.34. The Labute approximate surface area is 270 Å². The molecule has 1 N–H and O–H groups in total. The first-order valence-electron chi connectivity index (χ1n) is 15.5. The van der Waals surface area contributed by atoms with Crippen LogP contribution in [0.2, 0.25) is 5.02 Å². The lowest BCUT2D eigenvalue weighted by atomic mass is 9.82. The Bertz CT molecular complexity index is 1650. The highest BCUT2D eigenvalue weighted by Gasteiger charge is 2.43. The smallest absolute Gasteiger partial charge is 0.409 e. The summed E-state index contributed by atoms with van der Waals surface area (Å²) in [6.07, 6.45) is 3.00. The third-order valence-corrected chi connectivity index (χ3v) is 9.14. The summed E-state index contributed by atoms with van der Waals surface area (Å²) in [5.41, 5.74) is 4.36. The maximum Gasteiger partial charge on any atom is 0.409 e. The lowest BCUT2D eigenvalue weighted by Crippen LogP contribution is -2.62. The van der Waals surface area contributed by atoms with E-state index in [-0.39, 0.29) is 30.6 Å². The zero-order valence-corrected chi connectivity index (χ0v) is 26.2. The number of hydrogen-bond donors (Lipinski definition) is 1. The number of aryl methyl sites for hydroxylation is 1. The number of carbonyl (C=O) groups excluding carboxylic acids is 2. The van der Waals surface area contributed by atoms with E-state index in [9.17, 15) is 22.8 Å². The first kappa shape index (κ1) is 31.9. The SMILES string of the molecule is COC(=O)N1C[C@H]2CC(c3ccc(CCCOc4c(F)ccc(F)c4F)cc3)=C(C(=O)N(Cc3ccccc3Cl)C3CC3)[C@@H](C1)N2. The van der Waals surface area contributed by atoms with Crippen LogP contribution < -0.4 is 10.1 Å². The van der Waals surface area contributed by atoms with Crippen molar-refractivity contribution in [2.24, 2.45) is 0 Å². The van der Waals surface area contributed by atoms with E-state index in [4.69, 9.17) is 21.1 Å². The van der Waals surface area contributed by atoms with Crippen molar-refractivity contribution in [3.63, 3.8) is 0 Å². The summed E-state index contributed by atoms with van der Waals surface area (Å²) < 4.78 is 51.5. The van der Waals surface area contributed by atoms with Crippen LogP contribution in [0, 0.1) is 17.5 Å². The molecule has 0 unspecified atom stereocenters. The molecule has 6 rings (SSSR count). The third kappa shape index (κ3) is 6.88. The lowest BCUT2D eigenvalue weighted by Gasteiger charge is -2.44. The fourth-order valence-electron chi connectivity index (χ4n) is 6.33. The molecule has 1 saturated carbocycles. The highest BCUT2D eigenvalue weighted by Crippen LogP contribution is 2.38. The summed E-state index contributed by atoms with van der Waals surface area (Å²) in [5, 5.41) is 4.19. The lowest BCUT2D eigenvalue weighted by molar-refractivity contribution is -0.128. The van der Waals surface area contributed by atoms with Gasteiger partial charge < -0.3 is 24.6 Å². The van der Waals surface area contributed by atoms with Gasteiger partial charge >= 0.3 is 6.09 Å². The fraction of sp³-hybridized carbons (Fsp3) is 0.371. The number of benzene rings is 3. The molecule has 1 saturated heterocycles. The molecular formula is C35H35ClF3N3O4. The van der Waals surface area contributed by atoms with Crippen molar-refractivity contribution >= 4 is 29.2 Å². The molecule has 0 aromatic heterocycles. The Morgan fingerprint density at radius 3 is 2.46 bits per heavy atom. The molecule has 3 aromatic carbocycles. The number of nitrogens with zero attached hydrogens (tertiary/aromatic N) is 2. The molecule has 2 bridgehead atoms. The molecule has 1 aliphatic carbocycles. The normalized spacial score (nSPS) is 19.2. The Hall–Kier alpha value is -4.02. The van der Waals surface area contributed by atoms with Crippen molar-refractivity contribution in [3.05, 3.63) is 105 Å². The van der Waals surface area contributed by atoms with Crippen LogP contribution in [0.1, 0.15) is 42.4 Å². The van der Waals surface area contributed by atoms with Crippen molar-refractivity contribution in [1.82, 2.24) is 15.1 Å². The van der Waals surface area contributed by atoms with Gasteiger partial charge in [-0.15, -0.1) is 0 Å². The maximum atomic E-state index is 14.5. The fourth-order valence-corrected chi connectivity index (χ4v) is 6.52. The predicted molar refractivity (Wildman–Crippen MR) is 168 cm³/mol. The number of amides is 2. The number of piperazine rings is 1. The molecule has 2 heterocycles. The summed E-state index contributed by atoms with van der Waals surface area (Å²) in [6, 6.07) is 16.7. The van der Waals surface area contributed by atoms with Crippen molar-refractivity contribution in [2.75, 3.05) is 26.8 Å². The summed E-state index contributed by atoms with van der Waals surface area (Å²) in [4.78, 5) is 30.6. The average Bonchev–Trinajstić information content (AvgIpc) is 3.90. The number of fused-ring (bicyclic) bond motifs is 2. The maximum absolute atomic E-state index is 14.5. The van der Waals surface area contributed by atoms with Crippen molar-refractivity contribution < 1.29 is 32.2 Å². The van der Waals surface area contributed by atoms with E-state index in [1.165, 1.54) is 7.11 Å². The molecule has 0 radical (unpaired) electrons. The molecule has 46 heavy (non-hydrogen) atoms. The molecule has 2 aliphatic heterocycles. The number of rotatable bonds is 10. The second-order valence-corrected chi connectivity index (χ2v) is 12.4. The molecule has 2 atom stereocenters. The molecule has 0 spiro atoms. The zero-order chi connectivity index (χ0) is 32.4. The van der Waals surface area contributed by atoms with Crippen LogP contribution in [0.5, 0.6) is 5.75 Å². The van der Waals surface area contributed by atoms with Crippen LogP contribution in [0.25, 0.3) is 5.57 Å². The van der Waals surface area contributed by atoms with Gasteiger partial charge in [-0.25, -0.2) is 13.6 Å². The molecule has 3 aromatic rings. The molecule has 3 aliphatic rings. The predicted octanol–water partition coefficient (Wildman–Crippen LogP) is 6.53.